The van der Waals surface area contributed by atoms with E-state index in [1.54, 1.807) is 11.8 Å². The highest BCUT2D eigenvalue weighted by molar-refractivity contribution is 8.00. The maximum absolute atomic E-state index is 13.1. The van der Waals surface area contributed by atoms with Crippen LogP contribution in [0.1, 0.15) is 23.9 Å². The van der Waals surface area contributed by atoms with Crippen LogP contribution in [-0.4, -0.2) is 42.8 Å². The van der Waals surface area contributed by atoms with Gasteiger partial charge in [-0.2, -0.15) is 5.10 Å². The Kier molecular flexibility index (Phi) is 7.55. The van der Waals surface area contributed by atoms with Crippen molar-refractivity contribution in [1.29, 1.82) is 0 Å². The van der Waals surface area contributed by atoms with Crippen molar-refractivity contribution < 1.29 is 9.53 Å². The van der Waals surface area contributed by atoms with Crippen molar-refractivity contribution in [2.24, 2.45) is 7.05 Å². The zero-order chi connectivity index (χ0) is 24.9. The van der Waals surface area contributed by atoms with Crippen molar-refractivity contribution in [1.82, 2.24) is 24.5 Å². The molecule has 2 heterocycles. The number of thioether (sulfide) groups is 1. The van der Waals surface area contributed by atoms with Gasteiger partial charge in [-0.05, 0) is 44.9 Å². The minimum atomic E-state index is -0.390. The van der Waals surface area contributed by atoms with Crippen LogP contribution >= 0.6 is 11.8 Å². The summed E-state index contributed by atoms with van der Waals surface area (Å²) in [6.07, 6.45) is 0.809. The summed E-state index contributed by atoms with van der Waals surface area (Å²) in [7, 11) is 3.51. The summed E-state index contributed by atoms with van der Waals surface area (Å²) in [5.74, 6) is 1.34. The van der Waals surface area contributed by atoms with Crippen molar-refractivity contribution >= 4 is 23.4 Å². The summed E-state index contributed by atoms with van der Waals surface area (Å²) < 4.78 is 9.41. The number of hydrogen-bond acceptors (Lipinski definition) is 6. The van der Waals surface area contributed by atoms with Gasteiger partial charge < -0.3 is 14.6 Å². The van der Waals surface area contributed by atoms with Gasteiger partial charge in [0.25, 0.3) is 0 Å². The van der Waals surface area contributed by atoms with Crippen LogP contribution in [0.2, 0.25) is 0 Å². The Morgan fingerprint density at radius 3 is 2.49 bits per heavy atom. The third-order valence-electron chi connectivity index (χ3n) is 5.94. The van der Waals surface area contributed by atoms with Crippen molar-refractivity contribution in [3.05, 3.63) is 71.5 Å². The summed E-state index contributed by atoms with van der Waals surface area (Å²) in [4.78, 5) is 13.1. The fourth-order valence-electron chi connectivity index (χ4n) is 3.88. The summed E-state index contributed by atoms with van der Waals surface area (Å²) >= 11 is 1.39. The zero-order valence-corrected chi connectivity index (χ0v) is 21.5. The van der Waals surface area contributed by atoms with Crippen LogP contribution in [0.15, 0.2) is 59.8 Å². The first-order chi connectivity index (χ1) is 16.9. The Morgan fingerprint density at radius 1 is 1.09 bits per heavy atom. The lowest BCUT2D eigenvalue weighted by molar-refractivity contribution is -0.115. The first kappa shape index (κ1) is 24.5. The Labute approximate surface area is 209 Å². The van der Waals surface area contributed by atoms with Gasteiger partial charge >= 0.3 is 0 Å². The van der Waals surface area contributed by atoms with Gasteiger partial charge in [0, 0.05) is 13.6 Å². The summed E-state index contributed by atoms with van der Waals surface area (Å²) in [6, 6.07) is 18.1. The first-order valence-electron chi connectivity index (χ1n) is 11.5. The Bertz CT molecular complexity index is 1310. The molecule has 0 aliphatic carbocycles. The second-order valence-corrected chi connectivity index (χ2v) is 9.62. The van der Waals surface area contributed by atoms with Gasteiger partial charge in [-0.3, -0.25) is 9.48 Å². The van der Waals surface area contributed by atoms with Crippen molar-refractivity contribution in [3.8, 4) is 17.1 Å². The van der Waals surface area contributed by atoms with E-state index in [0.29, 0.717) is 17.5 Å². The van der Waals surface area contributed by atoms with E-state index in [1.165, 1.54) is 17.3 Å². The zero-order valence-electron chi connectivity index (χ0n) is 20.6. The summed E-state index contributed by atoms with van der Waals surface area (Å²) in [5, 5.41) is 16.7. The van der Waals surface area contributed by atoms with E-state index in [4.69, 9.17) is 4.74 Å². The number of para-hydroxylation sites is 1. The maximum atomic E-state index is 13.1. The van der Waals surface area contributed by atoms with Crippen LogP contribution in [-0.2, 0) is 24.8 Å². The molecule has 0 bridgehead atoms. The molecule has 0 spiro atoms. The molecule has 0 aliphatic rings. The first-order valence-corrected chi connectivity index (χ1v) is 12.3. The molecule has 1 unspecified atom stereocenters. The van der Waals surface area contributed by atoms with Crippen LogP contribution in [0.4, 0.5) is 5.69 Å². The summed E-state index contributed by atoms with van der Waals surface area (Å²) in [6.45, 7) is 6.37. The molecule has 2 aromatic carbocycles. The number of methoxy groups -OCH3 is 1. The molecule has 0 saturated heterocycles. The van der Waals surface area contributed by atoms with Crippen molar-refractivity contribution in [3.63, 3.8) is 0 Å². The molecule has 0 saturated carbocycles. The van der Waals surface area contributed by atoms with Crippen molar-refractivity contribution in [2.45, 2.75) is 44.1 Å². The number of ether oxygens (including phenoxy) is 1. The quantitative estimate of drug-likeness (QED) is 0.343. The number of carbonyl (C=O) groups is 1. The molecule has 2 aromatic heterocycles. The van der Waals surface area contributed by atoms with Gasteiger partial charge in [-0.25, -0.2) is 0 Å². The third kappa shape index (κ3) is 5.40. The van der Waals surface area contributed by atoms with Crippen LogP contribution in [0.5, 0.6) is 5.75 Å². The topological polar surface area (TPSA) is 86.9 Å². The highest BCUT2D eigenvalue weighted by atomic mass is 32.2. The van der Waals surface area contributed by atoms with E-state index in [-0.39, 0.29) is 11.2 Å². The molecule has 4 rings (SSSR count). The number of anilines is 1. The maximum Gasteiger partial charge on any atom is 0.237 e. The lowest BCUT2D eigenvalue weighted by Gasteiger charge is -2.15. The van der Waals surface area contributed by atoms with Gasteiger partial charge in [-0.1, -0.05) is 54.2 Å². The Hall–Kier alpha value is -3.59. The van der Waals surface area contributed by atoms with E-state index < -0.39 is 0 Å². The molecule has 0 radical (unpaired) electrons. The van der Waals surface area contributed by atoms with E-state index in [9.17, 15) is 4.79 Å². The molecular weight excluding hydrogens is 460 g/mol. The minimum absolute atomic E-state index is 0.106. The predicted octanol–water partition coefficient (Wildman–Crippen LogP) is 4.67. The standard InChI is InChI=1S/C26H30N6O2S/c1-17-23(18(2)31(4)30-17)27-25(33)19(3)35-26-29-28-24(21-13-9-10-14-22(21)34-5)32(26)16-15-20-11-7-6-8-12-20/h6-14,19H,15-16H2,1-5H3,(H,27,33). The van der Waals surface area contributed by atoms with Gasteiger partial charge in [0.2, 0.25) is 5.91 Å². The van der Waals surface area contributed by atoms with Crippen LogP contribution in [0, 0.1) is 13.8 Å². The number of aromatic nitrogens is 5. The van der Waals surface area contributed by atoms with E-state index in [2.05, 4.69) is 37.3 Å². The molecule has 182 valence electrons. The van der Waals surface area contributed by atoms with Crippen molar-refractivity contribution in [2.75, 3.05) is 12.4 Å². The molecule has 1 atom stereocenters. The second kappa shape index (κ2) is 10.8. The monoisotopic (exact) mass is 490 g/mol. The fraction of sp³-hybridized carbons (Fsp3) is 0.308. The van der Waals surface area contributed by atoms with Crippen LogP contribution in [0.3, 0.4) is 0 Å². The molecule has 0 aliphatic heterocycles. The minimum Gasteiger partial charge on any atom is -0.496 e. The number of nitrogens with zero attached hydrogens (tertiary/aromatic N) is 5. The molecule has 8 nitrogen and oxygen atoms in total. The molecule has 1 N–H and O–H groups in total. The number of rotatable bonds is 9. The predicted molar refractivity (Wildman–Crippen MR) is 139 cm³/mol. The number of amides is 1. The van der Waals surface area contributed by atoms with E-state index in [1.807, 2.05) is 70.3 Å². The largest absolute Gasteiger partial charge is 0.496 e. The van der Waals surface area contributed by atoms with Gasteiger partial charge in [0.1, 0.15) is 5.75 Å². The molecular formula is C26H30N6O2S. The molecule has 4 aromatic rings. The van der Waals surface area contributed by atoms with Gasteiger partial charge in [-0.15, -0.1) is 10.2 Å². The van der Waals surface area contributed by atoms with Gasteiger partial charge in [0.15, 0.2) is 11.0 Å². The normalized spacial score (nSPS) is 11.9. The molecule has 9 heteroatoms. The van der Waals surface area contributed by atoms with Crippen LogP contribution < -0.4 is 10.1 Å². The average Bonchev–Trinajstić information content (AvgIpc) is 3.37. The van der Waals surface area contributed by atoms with E-state index >= 15 is 0 Å². The smallest absolute Gasteiger partial charge is 0.237 e. The number of hydrogen-bond donors (Lipinski definition) is 1. The second-order valence-electron chi connectivity index (χ2n) is 8.31. The lowest BCUT2D eigenvalue weighted by Crippen LogP contribution is -2.23. The highest BCUT2D eigenvalue weighted by Crippen LogP contribution is 2.32. The highest BCUT2D eigenvalue weighted by Gasteiger charge is 2.23. The van der Waals surface area contributed by atoms with E-state index in [0.717, 1.165) is 34.8 Å². The summed E-state index contributed by atoms with van der Waals surface area (Å²) in [5.41, 5.74) is 4.54. The number of aryl methyl sites for hydroxylation is 3. The average molecular weight is 491 g/mol. The molecule has 1 amide bonds. The lowest BCUT2D eigenvalue weighted by atomic mass is 10.1. The Balaban J connectivity index is 1.60. The Morgan fingerprint density at radius 2 is 1.80 bits per heavy atom. The number of nitrogens with one attached hydrogen (secondary N) is 1. The molecule has 0 fully saturated rings. The molecule has 35 heavy (non-hydrogen) atoms. The fourth-order valence-corrected chi connectivity index (χ4v) is 4.76. The number of carbonyl (C=O) groups excluding carboxylic acids is 1. The number of benzene rings is 2. The van der Waals surface area contributed by atoms with Crippen LogP contribution in [0.25, 0.3) is 11.4 Å². The third-order valence-corrected chi connectivity index (χ3v) is 7.02. The SMILES string of the molecule is COc1ccccc1-c1nnc(SC(C)C(=O)Nc2c(C)nn(C)c2C)n1CCc1ccccc1. The van der Waals surface area contributed by atoms with Gasteiger partial charge in [0.05, 0.1) is 35.0 Å².